The SMILES string of the molecule is COc1ccccc1CCC(=O)N[C@@H](C)Cc1cnccn1. The Morgan fingerprint density at radius 3 is 2.86 bits per heavy atom. The lowest BCUT2D eigenvalue weighted by atomic mass is 10.1. The number of nitrogens with one attached hydrogen (secondary N) is 1. The largest absolute Gasteiger partial charge is 0.496 e. The van der Waals surface area contributed by atoms with E-state index in [1.807, 2.05) is 31.2 Å². The minimum absolute atomic E-state index is 0.0295. The maximum atomic E-state index is 12.0. The highest BCUT2D eigenvalue weighted by Gasteiger charge is 2.10. The van der Waals surface area contributed by atoms with E-state index in [0.717, 1.165) is 17.0 Å². The topological polar surface area (TPSA) is 64.1 Å². The van der Waals surface area contributed by atoms with Crippen LogP contribution in [0.15, 0.2) is 42.9 Å². The standard InChI is InChI=1S/C17H21N3O2/c1-13(11-15-12-18-9-10-19-15)20-17(21)8-7-14-5-3-4-6-16(14)22-2/h3-6,9-10,12-13H,7-8,11H2,1-2H3,(H,20,21)/t13-/m0/s1. The van der Waals surface area contributed by atoms with E-state index in [2.05, 4.69) is 15.3 Å². The monoisotopic (exact) mass is 299 g/mol. The predicted molar refractivity (Wildman–Crippen MR) is 84.7 cm³/mol. The fourth-order valence-electron chi connectivity index (χ4n) is 2.30. The molecular weight excluding hydrogens is 278 g/mol. The zero-order valence-electron chi connectivity index (χ0n) is 13.0. The van der Waals surface area contributed by atoms with Crippen LogP contribution in [0.3, 0.4) is 0 Å². The molecule has 0 spiro atoms. The molecule has 0 unspecified atom stereocenters. The van der Waals surface area contributed by atoms with Gasteiger partial charge in [-0.1, -0.05) is 18.2 Å². The Bertz CT molecular complexity index is 602. The summed E-state index contributed by atoms with van der Waals surface area (Å²) < 4.78 is 5.29. The molecule has 0 fully saturated rings. The molecule has 0 aliphatic carbocycles. The van der Waals surface area contributed by atoms with Crippen molar-refractivity contribution < 1.29 is 9.53 Å². The Labute approximate surface area is 130 Å². The summed E-state index contributed by atoms with van der Waals surface area (Å²) in [7, 11) is 1.64. The van der Waals surface area contributed by atoms with Gasteiger partial charge < -0.3 is 10.1 Å². The van der Waals surface area contributed by atoms with Crippen LogP contribution in [-0.4, -0.2) is 29.0 Å². The molecule has 0 aliphatic rings. The van der Waals surface area contributed by atoms with Gasteiger partial charge in [0.1, 0.15) is 5.75 Å². The quantitative estimate of drug-likeness (QED) is 0.851. The lowest BCUT2D eigenvalue weighted by molar-refractivity contribution is -0.121. The summed E-state index contributed by atoms with van der Waals surface area (Å²) in [6, 6.07) is 7.79. The molecule has 0 aliphatic heterocycles. The molecule has 1 aromatic heterocycles. The average Bonchev–Trinajstić information content (AvgIpc) is 2.54. The molecule has 1 aromatic carbocycles. The first-order chi connectivity index (χ1) is 10.7. The van der Waals surface area contributed by atoms with Gasteiger partial charge in [-0.25, -0.2) is 0 Å². The fourth-order valence-corrected chi connectivity index (χ4v) is 2.30. The molecule has 2 rings (SSSR count). The first-order valence-corrected chi connectivity index (χ1v) is 7.35. The van der Waals surface area contributed by atoms with E-state index in [1.165, 1.54) is 0 Å². The number of hydrogen-bond acceptors (Lipinski definition) is 4. The number of methoxy groups -OCH3 is 1. The number of rotatable bonds is 7. The third-order valence-electron chi connectivity index (χ3n) is 3.35. The molecular formula is C17H21N3O2. The van der Waals surface area contributed by atoms with Crippen molar-refractivity contribution in [1.29, 1.82) is 0 Å². The second kappa shape index (κ2) is 8.12. The van der Waals surface area contributed by atoms with E-state index in [1.54, 1.807) is 25.7 Å². The van der Waals surface area contributed by atoms with E-state index in [9.17, 15) is 4.79 Å². The Hall–Kier alpha value is -2.43. The number of nitrogens with zero attached hydrogens (tertiary/aromatic N) is 2. The Morgan fingerprint density at radius 1 is 1.32 bits per heavy atom. The summed E-state index contributed by atoms with van der Waals surface area (Å²) in [5.41, 5.74) is 1.92. The van der Waals surface area contributed by atoms with Crippen LogP contribution in [0.5, 0.6) is 5.75 Å². The third kappa shape index (κ3) is 4.84. The van der Waals surface area contributed by atoms with Crippen molar-refractivity contribution in [1.82, 2.24) is 15.3 Å². The van der Waals surface area contributed by atoms with Crippen LogP contribution >= 0.6 is 0 Å². The molecule has 22 heavy (non-hydrogen) atoms. The summed E-state index contributed by atoms with van der Waals surface area (Å²) in [6.07, 6.45) is 6.79. The second-order valence-electron chi connectivity index (χ2n) is 5.18. The lowest BCUT2D eigenvalue weighted by Gasteiger charge is -2.14. The van der Waals surface area contributed by atoms with Crippen molar-refractivity contribution in [2.24, 2.45) is 0 Å². The van der Waals surface area contributed by atoms with Gasteiger partial charge in [-0.3, -0.25) is 14.8 Å². The molecule has 2 aromatic rings. The van der Waals surface area contributed by atoms with Crippen LogP contribution in [0.25, 0.3) is 0 Å². The van der Waals surface area contributed by atoms with Gasteiger partial charge in [0.2, 0.25) is 5.91 Å². The highest BCUT2D eigenvalue weighted by Crippen LogP contribution is 2.18. The van der Waals surface area contributed by atoms with Gasteiger partial charge in [0.15, 0.2) is 0 Å². The second-order valence-corrected chi connectivity index (χ2v) is 5.18. The molecule has 1 atom stereocenters. The van der Waals surface area contributed by atoms with Crippen LogP contribution in [0.4, 0.5) is 0 Å². The number of para-hydroxylation sites is 1. The number of carbonyl (C=O) groups excluding carboxylic acids is 1. The van der Waals surface area contributed by atoms with Crippen LogP contribution in [0, 0.1) is 0 Å². The summed E-state index contributed by atoms with van der Waals surface area (Å²) in [5.74, 6) is 0.852. The Balaban J connectivity index is 1.80. The molecule has 0 radical (unpaired) electrons. The van der Waals surface area contributed by atoms with Crippen LogP contribution in [-0.2, 0) is 17.6 Å². The van der Waals surface area contributed by atoms with Crippen molar-refractivity contribution in [3.8, 4) is 5.75 Å². The molecule has 0 saturated heterocycles. The molecule has 5 nitrogen and oxygen atoms in total. The van der Waals surface area contributed by atoms with E-state index >= 15 is 0 Å². The third-order valence-corrected chi connectivity index (χ3v) is 3.35. The molecule has 0 saturated carbocycles. The lowest BCUT2D eigenvalue weighted by Crippen LogP contribution is -2.34. The van der Waals surface area contributed by atoms with E-state index < -0.39 is 0 Å². The number of aromatic nitrogens is 2. The van der Waals surface area contributed by atoms with Gasteiger partial charge in [-0.2, -0.15) is 0 Å². The molecule has 1 amide bonds. The fraction of sp³-hybridized carbons (Fsp3) is 0.353. The molecule has 5 heteroatoms. The first-order valence-electron chi connectivity index (χ1n) is 7.35. The maximum Gasteiger partial charge on any atom is 0.220 e. The molecule has 0 bridgehead atoms. The number of amides is 1. The van der Waals surface area contributed by atoms with Gasteiger partial charge in [0.05, 0.1) is 12.8 Å². The Morgan fingerprint density at radius 2 is 2.14 bits per heavy atom. The average molecular weight is 299 g/mol. The molecule has 116 valence electrons. The maximum absolute atomic E-state index is 12.0. The van der Waals surface area contributed by atoms with Crippen LogP contribution < -0.4 is 10.1 Å². The normalized spacial score (nSPS) is 11.7. The van der Waals surface area contributed by atoms with Crippen molar-refractivity contribution in [2.45, 2.75) is 32.2 Å². The molecule has 1 N–H and O–H groups in total. The van der Waals surface area contributed by atoms with Gasteiger partial charge >= 0.3 is 0 Å². The highest BCUT2D eigenvalue weighted by atomic mass is 16.5. The first kappa shape index (κ1) is 15.9. The number of benzene rings is 1. The number of carbonyl (C=O) groups is 1. The van der Waals surface area contributed by atoms with Gasteiger partial charge in [0.25, 0.3) is 0 Å². The summed E-state index contributed by atoms with van der Waals surface area (Å²) >= 11 is 0. The predicted octanol–water partition coefficient (Wildman–Crippen LogP) is 2.17. The Kier molecular flexibility index (Phi) is 5.89. The zero-order valence-corrected chi connectivity index (χ0v) is 13.0. The number of hydrogen-bond donors (Lipinski definition) is 1. The molecule has 1 heterocycles. The number of aryl methyl sites for hydroxylation is 1. The minimum atomic E-state index is 0.0295. The minimum Gasteiger partial charge on any atom is -0.496 e. The van der Waals surface area contributed by atoms with Gasteiger partial charge in [-0.05, 0) is 25.0 Å². The van der Waals surface area contributed by atoms with Gasteiger partial charge in [-0.15, -0.1) is 0 Å². The van der Waals surface area contributed by atoms with Crippen molar-refractivity contribution in [2.75, 3.05) is 7.11 Å². The van der Waals surface area contributed by atoms with Crippen molar-refractivity contribution in [3.63, 3.8) is 0 Å². The van der Waals surface area contributed by atoms with Crippen LogP contribution in [0.2, 0.25) is 0 Å². The van der Waals surface area contributed by atoms with Gasteiger partial charge in [0, 0.05) is 37.5 Å². The highest BCUT2D eigenvalue weighted by molar-refractivity contribution is 5.76. The number of ether oxygens (including phenoxy) is 1. The zero-order chi connectivity index (χ0) is 15.8. The van der Waals surface area contributed by atoms with E-state index in [4.69, 9.17) is 4.74 Å². The van der Waals surface area contributed by atoms with Crippen molar-refractivity contribution >= 4 is 5.91 Å². The van der Waals surface area contributed by atoms with E-state index in [-0.39, 0.29) is 11.9 Å². The van der Waals surface area contributed by atoms with Crippen molar-refractivity contribution in [3.05, 3.63) is 54.1 Å². The van der Waals surface area contributed by atoms with Crippen LogP contribution in [0.1, 0.15) is 24.6 Å². The summed E-state index contributed by atoms with van der Waals surface area (Å²) in [6.45, 7) is 1.97. The smallest absolute Gasteiger partial charge is 0.220 e. The summed E-state index contributed by atoms with van der Waals surface area (Å²) in [5, 5.41) is 2.99. The summed E-state index contributed by atoms with van der Waals surface area (Å²) in [4.78, 5) is 20.3. The van der Waals surface area contributed by atoms with E-state index in [0.29, 0.717) is 19.3 Å².